The number of nitrogens with zero attached hydrogens (tertiary/aromatic N) is 1. The summed E-state index contributed by atoms with van der Waals surface area (Å²) >= 11 is 0. The number of urea groups is 1. The zero-order valence-corrected chi connectivity index (χ0v) is 8.99. The molecule has 0 bridgehead atoms. The zero-order valence-electron chi connectivity index (χ0n) is 8.99. The van der Waals surface area contributed by atoms with Gasteiger partial charge in [-0.25, -0.2) is 4.79 Å². The number of nitrogens with one attached hydrogen (secondary N) is 1. The Balaban J connectivity index is 2.38. The fraction of sp³-hybridized carbons (Fsp3) is 0.900. The maximum absolute atomic E-state index is 11.5. The summed E-state index contributed by atoms with van der Waals surface area (Å²) in [6, 6.07) is -0.135. The fourth-order valence-corrected chi connectivity index (χ4v) is 1.69. The van der Waals surface area contributed by atoms with Gasteiger partial charge in [0.1, 0.15) is 0 Å². The molecular formula is C10H20N2O2. The Kier molecular flexibility index (Phi) is 4.20. The van der Waals surface area contributed by atoms with Crippen LogP contribution in [0.5, 0.6) is 0 Å². The predicted octanol–water partition coefficient (Wildman–Crippen LogP) is 0.951. The van der Waals surface area contributed by atoms with Gasteiger partial charge in [0.15, 0.2) is 0 Å². The van der Waals surface area contributed by atoms with E-state index in [-0.39, 0.29) is 18.2 Å². The molecule has 4 heteroatoms. The van der Waals surface area contributed by atoms with Crippen molar-refractivity contribution in [2.45, 2.75) is 44.8 Å². The summed E-state index contributed by atoms with van der Waals surface area (Å²) in [6.07, 6.45) is 3.50. The Hall–Kier alpha value is -0.770. The Labute approximate surface area is 85.3 Å². The highest BCUT2D eigenvalue weighted by atomic mass is 16.3. The lowest BCUT2D eigenvalue weighted by atomic mass is 9.93. The van der Waals surface area contributed by atoms with E-state index in [0.29, 0.717) is 6.54 Å². The van der Waals surface area contributed by atoms with E-state index in [9.17, 15) is 9.90 Å². The minimum atomic E-state index is -0.363. The van der Waals surface area contributed by atoms with E-state index in [1.54, 1.807) is 11.9 Å². The molecule has 0 unspecified atom stereocenters. The van der Waals surface area contributed by atoms with Crippen LogP contribution in [0, 0.1) is 0 Å². The van der Waals surface area contributed by atoms with Crippen LogP contribution in [0.2, 0.25) is 0 Å². The molecule has 1 rings (SSSR count). The van der Waals surface area contributed by atoms with Gasteiger partial charge in [0.25, 0.3) is 0 Å². The van der Waals surface area contributed by atoms with Gasteiger partial charge in [0.2, 0.25) is 0 Å². The minimum absolute atomic E-state index is 0.0507. The standard InChI is InChI=1S/C10H20N2O2/c1-3-12(2)10(14)11-8-6-4-5-7-9(8)13/h8-9,13H,3-7H2,1-2H3,(H,11,14)/t8-,9-/m0/s1. The number of rotatable bonds is 2. The molecule has 1 fully saturated rings. The van der Waals surface area contributed by atoms with Gasteiger partial charge in [-0.1, -0.05) is 12.8 Å². The molecule has 1 aliphatic carbocycles. The predicted molar refractivity (Wildman–Crippen MR) is 55.1 cm³/mol. The van der Waals surface area contributed by atoms with E-state index in [0.717, 1.165) is 25.7 Å². The number of carbonyl (C=O) groups is 1. The molecule has 0 aromatic heterocycles. The van der Waals surface area contributed by atoms with Crippen LogP contribution in [0.3, 0.4) is 0 Å². The summed E-state index contributed by atoms with van der Waals surface area (Å²) < 4.78 is 0. The van der Waals surface area contributed by atoms with Gasteiger partial charge in [-0.2, -0.15) is 0 Å². The van der Waals surface area contributed by atoms with Gasteiger partial charge in [-0.15, -0.1) is 0 Å². The maximum atomic E-state index is 11.5. The molecular weight excluding hydrogens is 180 g/mol. The van der Waals surface area contributed by atoms with Crippen LogP contribution in [0.15, 0.2) is 0 Å². The van der Waals surface area contributed by atoms with E-state index in [2.05, 4.69) is 5.32 Å². The van der Waals surface area contributed by atoms with Crippen molar-refractivity contribution in [3.05, 3.63) is 0 Å². The lowest BCUT2D eigenvalue weighted by molar-refractivity contribution is 0.0911. The smallest absolute Gasteiger partial charge is 0.317 e. The summed E-state index contributed by atoms with van der Waals surface area (Å²) in [5.74, 6) is 0. The first-order valence-corrected chi connectivity index (χ1v) is 5.34. The van der Waals surface area contributed by atoms with E-state index in [1.165, 1.54) is 0 Å². The normalized spacial score (nSPS) is 27.1. The Morgan fingerprint density at radius 1 is 1.50 bits per heavy atom. The van der Waals surface area contributed by atoms with E-state index in [1.807, 2.05) is 6.92 Å². The van der Waals surface area contributed by atoms with Crippen LogP contribution >= 0.6 is 0 Å². The highest BCUT2D eigenvalue weighted by molar-refractivity contribution is 5.74. The van der Waals surface area contributed by atoms with Crippen molar-refractivity contribution < 1.29 is 9.90 Å². The third-order valence-corrected chi connectivity index (χ3v) is 2.86. The summed E-state index contributed by atoms with van der Waals surface area (Å²) in [7, 11) is 1.75. The van der Waals surface area contributed by atoms with Crippen molar-refractivity contribution in [1.29, 1.82) is 0 Å². The molecule has 2 atom stereocenters. The van der Waals surface area contributed by atoms with Crippen molar-refractivity contribution in [3.63, 3.8) is 0 Å². The van der Waals surface area contributed by atoms with Crippen molar-refractivity contribution >= 4 is 6.03 Å². The molecule has 0 heterocycles. The zero-order chi connectivity index (χ0) is 10.6. The van der Waals surface area contributed by atoms with E-state index >= 15 is 0 Å². The average Bonchev–Trinajstić information content (AvgIpc) is 2.20. The third-order valence-electron chi connectivity index (χ3n) is 2.86. The minimum Gasteiger partial charge on any atom is -0.391 e. The number of aliphatic hydroxyl groups excluding tert-OH is 1. The molecule has 82 valence electrons. The molecule has 4 nitrogen and oxygen atoms in total. The molecule has 1 aliphatic rings. The van der Waals surface area contributed by atoms with Crippen LogP contribution in [-0.2, 0) is 0 Å². The lowest BCUT2D eigenvalue weighted by Crippen LogP contribution is -2.49. The van der Waals surface area contributed by atoms with Gasteiger partial charge >= 0.3 is 6.03 Å². The lowest BCUT2D eigenvalue weighted by Gasteiger charge is -2.29. The van der Waals surface area contributed by atoms with Gasteiger partial charge in [-0.3, -0.25) is 0 Å². The largest absolute Gasteiger partial charge is 0.391 e. The van der Waals surface area contributed by atoms with Gasteiger partial charge in [-0.05, 0) is 19.8 Å². The van der Waals surface area contributed by atoms with Gasteiger partial charge in [0, 0.05) is 13.6 Å². The Bertz CT molecular complexity index is 197. The highest BCUT2D eigenvalue weighted by Gasteiger charge is 2.24. The molecule has 0 spiro atoms. The van der Waals surface area contributed by atoms with Crippen molar-refractivity contribution in [2.75, 3.05) is 13.6 Å². The van der Waals surface area contributed by atoms with Gasteiger partial charge in [0.05, 0.1) is 12.1 Å². The first-order valence-electron chi connectivity index (χ1n) is 5.34. The molecule has 2 N–H and O–H groups in total. The van der Waals surface area contributed by atoms with Crippen LogP contribution in [0.1, 0.15) is 32.6 Å². The number of amides is 2. The van der Waals surface area contributed by atoms with E-state index in [4.69, 9.17) is 0 Å². The molecule has 0 radical (unpaired) electrons. The molecule has 0 aromatic rings. The van der Waals surface area contributed by atoms with Crippen LogP contribution in [0.4, 0.5) is 4.79 Å². The summed E-state index contributed by atoms with van der Waals surface area (Å²) in [5.41, 5.74) is 0. The monoisotopic (exact) mass is 200 g/mol. The molecule has 0 aliphatic heterocycles. The first-order chi connectivity index (χ1) is 6.65. The number of hydrogen-bond acceptors (Lipinski definition) is 2. The van der Waals surface area contributed by atoms with Crippen molar-refractivity contribution in [1.82, 2.24) is 10.2 Å². The Morgan fingerprint density at radius 3 is 2.71 bits per heavy atom. The Morgan fingerprint density at radius 2 is 2.14 bits per heavy atom. The SMILES string of the molecule is CCN(C)C(=O)N[C@H]1CCCC[C@@H]1O. The quantitative estimate of drug-likeness (QED) is 0.697. The summed E-state index contributed by atoms with van der Waals surface area (Å²) in [6.45, 7) is 2.62. The second kappa shape index (κ2) is 5.20. The summed E-state index contributed by atoms with van der Waals surface area (Å²) in [4.78, 5) is 13.1. The van der Waals surface area contributed by atoms with Crippen LogP contribution < -0.4 is 5.32 Å². The molecule has 0 aromatic carbocycles. The third kappa shape index (κ3) is 2.87. The number of hydrogen-bond donors (Lipinski definition) is 2. The highest BCUT2D eigenvalue weighted by Crippen LogP contribution is 2.18. The average molecular weight is 200 g/mol. The molecule has 0 saturated heterocycles. The molecule has 2 amide bonds. The van der Waals surface area contributed by atoms with Gasteiger partial charge < -0.3 is 15.3 Å². The first kappa shape index (κ1) is 11.3. The second-order valence-electron chi connectivity index (χ2n) is 3.92. The van der Waals surface area contributed by atoms with E-state index < -0.39 is 0 Å². The molecule has 1 saturated carbocycles. The maximum Gasteiger partial charge on any atom is 0.317 e. The summed E-state index contributed by atoms with van der Waals surface area (Å²) in [5, 5.41) is 12.5. The topological polar surface area (TPSA) is 52.6 Å². The fourth-order valence-electron chi connectivity index (χ4n) is 1.69. The van der Waals surface area contributed by atoms with Crippen LogP contribution in [0.25, 0.3) is 0 Å². The molecule has 14 heavy (non-hydrogen) atoms. The van der Waals surface area contributed by atoms with Crippen molar-refractivity contribution in [3.8, 4) is 0 Å². The van der Waals surface area contributed by atoms with Crippen molar-refractivity contribution in [2.24, 2.45) is 0 Å². The number of carbonyl (C=O) groups excluding carboxylic acids is 1. The second-order valence-corrected chi connectivity index (χ2v) is 3.92. The van der Waals surface area contributed by atoms with Crippen LogP contribution in [-0.4, -0.2) is 41.8 Å². The number of aliphatic hydroxyl groups is 1.